The number of allylic oxidation sites excluding steroid dienone is 13. The molecule has 1 fully saturated rings. The molecular formula is C83H151NO8. The van der Waals surface area contributed by atoms with Crippen molar-refractivity contribution in [1.82, 2.24) is 5.32 Å². The molecule has 0 aromatic heterocycles. The van der Waals surface area contributed by atoms with Crippen molar-refractivity contribution in [3.63, 3.8) is 0 Å². The molecule has 536 valence electrons. The first-order valence-electron chi connectivity index (χ1n) is 39.8. The van der Waals surface area contributed by atoms with Crippen molar-refractivity contribution in [1.29, 1.82) is 0 Å². The van der Waals surface area contributed by atoms with E-state index in [-0.39, 0.29) is 12.5 Å². The van der Waals surface area contributed by atoms with Crippen LogP contribution in [0, 0.1) is 0 Å². The summed E-state index contributed by atoms with van der Waals surface area (Å²) in [7, 11) is 0. The molecule has 1 aliphatic rings. The average molecular weight is 1290 g/mol. The SMILES string of the molecule is CC/C=C\C/C=C\C/C=C\C/C=C\CCCCCCCCCCCCCCCCCCCCCCCCCCCCC(=O)NC(COC1OC(CO)C(O)C(O)C1O)C(O)/C=C/CC/C=C/CC/C=C/CCCCCCCCCCCCCCCCCCCCCC. The van der Waals surface area contributed by atoms with Crippen LogP contribution in [-0.2, 0) is 14.3 Å². The minimum absolute atomic E-state index is 0.185. The largest absolute Gasteiger partial charge is 0.394 e. The molecule has 0 aliphatic carbocycles. The Morgan fingerprint density at radius 2 is 0.685 bits per heavy atom. The van der Waals surface area contributed by atoms with Crippen LogP contribution in [0.4, 0.5) is 0 Å². The van der Waals surface area contributed by atoms with Gasteiger partial charge in [0.25, 0.3) is 0 Å². The second-order valence-corrected chi connectivity index (χ2v) is 27.5. The number of hydrogen-bond donors (Lipinski definition) is 6. The maximum absolute atomic E-state index is 13.2. The number of hydrogen-bond acceptors (Lipinski definition) is 8. The zero-order valence-corrected chi connectivity index (χ0v) is 60.3. The monoisotopic (exact) mass is 1290 g/mol. The highest BCUT2D eigenvalue weighted by atomic mass is 16.7. The van der Waals surface area contributed by atoms with Gasteiger partial charge in [-0.2, -0.15) is 0 Å². The Balaban J connectivity index is 2.08. The highest BCUT2D eigenvalue weighted by molar-refractivity contribution is 5.76. The van der Waals surface area contributed by atoms with Gasteiger partial charge in [-0.15, -0.1) is 0 Å². The number of amides is 1. The lowest BCUT2D eigenvalue weighted by Crippen LogP contribution is -2.60. The number of nitrogens with one attached hydrogen (secondary N) is 1. The van der Waals surface area contributed by atoms with Crippen molar-refractivity contribution in [3.8, 4) is 0 Å². The zero-order chi connectivity index (χ0) is 66.4. The maximum atomic E-state index is 13.2. The van der Waals surface area contributed by atoms with Crippen LogP contribution >= 0.6 is 0 Å². The van der Waals surface area contributed by atoms with Crippen LogP contribution in [0.25, 0.3) is 0 Å². The topological polar surface area (TPSA) is 149 Å². The van der Waals surface area contributed by atoms with Crippen molar-refractivity contribution in [2.75, 3.05) is 13.2 Å². The van der Waals surface area contributed by atoms with Crippen LogP contribution in [0.2, 0.25) is 0 Å². The third-order valence-corrected chi connectivity index (χ3v) is 18.7. The summed E-state index contributed by atoms with van der Waals surface area (Å²) in [6.07, 6.45) is 96.0. The summed E-state index contributed by atoms with van der Waals surface area (Å²) in [6.45, 7) is 3.69. The lowest BCUT2D eigenvalue weighted by atomic mass is 9.99. The normalized spacial score (nSPS) is 18.1. The van der Waals surface area contributed by atoms with Gasteiger partial charge in [0.2, 0.25) is 5.91 Å². The zero-order valence-electron chi connectivity index (χ0n) is 60.3. The molecule has 9 nitrogen and oxygen atoms in total. The molecule has 1 aliphatic heterocycles. The number of unbranched alkanes of at least 4 members (excludes halogenated alkanes) is 48. The van der Waals surface area contributed by atoms with E-state index in [1.54, 1.807) is 6.08 Å². The van der Waals surface area contributed by atoms with Gasteiger partial charge in [-0.25, -0.2) is 0 Å². The second-order valence-electron chi connectivity index (χ2n) is 27.5. The summed E-state index contributed by atoms with van der Waals surface area (Å²) in [5.41, 5.74) is 0. The Morgan fingerprint density at radius 3 is 1.04 bits per heavy atom. The van der Waals surface area contributed by atoms with Gasteiger partial charge in [-0.05, 0) is 83.5 Å². The quantitative estimate of drug-likeness (QED) is 0.0261. The number of carbonyl (C=O) groups excluding carboxylic acids is 1. The van der Waals surface area contributed by atoms with Gasteiger partial charge in [-0.3, -0.25) is 4.79 Å². The Morgan fingerprint density at radius 1 is 0.380 bits per heavy atom. The van der Waals surface area contributed by atoms with Crippen molar-refractivity contribution in [3.05, 3.63) is 85.1 Å². The predicted molar refractivity (Wildman–Crippen MR) is 396 cm³/mol. The molecule has 7 atom stereocenters. The summed E-state index contributed by atoms with van der Waals surface area (Å²) in [6, 6.07) is -0.832. The van der Waals surface area contributed by atoms with Crippen LogP contribution in [0.3, 0.4) is 0 Å². The van der Waals surface area contributed by atoms with Gasteiger partial charge >= 0.3 is 0 Å². The smallest absolute Gasteiger partial charge is 0.220 e. The molecule has 0 bridgehead atoms. The fourth-order valence-electron chi connectivity index (χ4n) is 12.5. The van der Waals surface area contributed by atoms with Crippen LogP contribution in [0.5, 0.6) is 0 Å². The molecule has 0 aromatic carbocycles. The van der Waals surface area contributed by atoms with Gasteiger partial charge in [0.1, 0.15) is 24.4 Å². The molecule has 0 radical (unpaired) electrons. The molecular weight excluding hydrogens is 1140 g/mol. The molecule has 1 amide bonds. The van der Waals surface area contributed by atoms with E-state index < -0.39 is 49.5 Å². The first-order chi connectivity index (χ1) is 45.3. The average Bonchev–Trinajstić information content (AvgIpc) is 1.45. The van der Waals surface area contributed by atoms with E-state index in [1.165, 1.54) is 289 Å². The third-order valence-electron chi connectivity index (χ3n) is 18.7. The number of ether oxygens (including phenoxy) is 2. The number of carbonyl (C=O) groups is 1. The van der Waals surface area contributed by atoms with Gasteiger partial charge in [0.05, 0.1) is 25.4 Å². The van der Waals surface area contributed by atoms with E-state index in [0.717, 1.165) is 70.6 Å². The van der Waals surface area contributed by atoms with Crippen LogP contribution in [0.1, 0.15) is 380 Å². The number of rotatable bonds is 70. The van der Waals surface area contributed by atoms with E-state index in [1.807, 2.05) is 6.08 Å². The van der Waals surface area contributed by atoms with Gasteiger partial charge in [-0.1, -0.05) is 375 Å². The van der Waals surface area contributed by atoms with Gasteiger partial charge in [0, 0.05) is 6.42 Å². The summed E-state index contributed by atoms with van der Waals surface area (Å²) >= 11 is 0. The molecule has 0 spiro atoms. The summed E-state index contributed by atoms with van der Waals surface area (Å²) in [4.78, 5) is 13.2. The van der Waals surface area contributed by atoms with E-state index in [9.17, 15) is 30.3 Å². The number of aliphatic hydroxyl groups excluding tert-OH is 5. The highest BCUT2D eigenvalue weighted by Crippen LogP contribution is 2.24. The molecule has 0 saturated carbocycles. The highest BCUT2D eigenvalue weighted by Gasteiger charge is 2.44. The Hall–Kier alpha value is -2.63. The Kier molecular flexibility index (Phi) is 67.6. The van der Waals surface area contributed by atoms with E-state index in [0.29, 0.717) is 6.42 Å². The van der Waals surface area contributed by atoms with Gasteiger partial charge < -0.3 is 40.3 Å². The van der Waals surface area contributed by atoms with E-state index >= 15 is 0 Å². The fraction of sp³-hybridized carbons (Fsp3) is 0.819. The minimum Gasteiger partial charge on any atom is -0.394 e. The molecule has 9 heteroatoms. The summed E-state index contributed by atoms with van der Waals surface area (Å²) in [5.74, 6) is -0.185. The minimum atomic E-state index is -1.58. The van der Waals surface area contributed by atoms with Gasteiger partial charge in [0.15, 0.2) is 6.29 Å². The van der Waals surface area contributed by atoms with E-state index in [4.69, 9.17) is 9.47 Å². The molecule has 92 heavy (non-hydrogen) atoms. The second kappa shape index (κ2) is 71.2. The Bertz CT molecular complexity index is 1740. The predicted octanol–water partition coefficient (Wildman–Crippen LogP) is 22.8. The van der Waals surface area contributed by atoms with Crippen molar-refractivity contribution < 1.29 is 39.8 Å². The molecule has 7 unspecified atom stereocenters. The maximum Gasteiger partial charge on any atom is 0.220 e. The summed E-state index contributed by atoms with van der Waals surface area (Å²) in [5, 5.41) is 54.9. The van der Waals surface area contributed by atoms with Crippen molar-refractivity contribution >= 4 is 5.91 Å². The van der Waals surface area contributed by atoms with E-state index in [2.05, 4.69) is 92.1 Å². The first kappa shape index (κ1) is 87.4. The third kappa shape index (κ3) is 58.7. The molecule has 0 aromatic rings. The molecule has 1 rings (SSSR count). The molecule has 6 N–H and O–H groups in total. The lowest BCUT2D eigenvalue weighted by molar-refractivity contribution is -0.302. The summed E-state index contributed by atoms with van der Waals surface area (Å²) < 4.78 is 11.3. The van der Waals surface area contributed by atoms with Crippen LogP contribution in [-0.4, -0.2) is 87.5 Å². The van der Waals surface area contributed by atoms with Crippen molar-refractivity contribution in [2.45, 2.75) is 423 Å². The molecule has 1 heterocycles. The fourth-order valence-corrected chi connectivity index (χ4v) is 12.5. The molecule has 1 saturated heterocycles. The number of aliphatic hydroxyl groups is 5. The lowest BCUT2D eigenvalue weighted by Gasteiger charge is -2.40. The van der Waals surface area contributed by atoms with Crippen molar-refractivity contribution in [2.24, 2.45) is 0 Å². The van der Waals surface area contributed by atoms with Crippen LogP contribution in [0.15, 0.2) is 85.1 Å². The standard InChI is InChI=1S/C83H151NO8/c1-3-5-7-9-11-13-15-17-19-21-23-25-27-29-31-33-35-36-37-38-39-40-41-42-43-45-47-49-51-53-55-57-59-61-63-65-67-69-71-73-79(87)84-76(75-91-83-82(90)81(89)80(88)78(74-85)92-83)77(86)72-70-68-66-64-62-60-58-56-54-52-50-48-46-44-34-32-30-28-26-24-22-20-18-16-14-12-10-8-6-4-2/h5,7,11,13,17,19,23,25,54,56,62,64,70,72,76-78,80-83,85-86,88-90H,3-4,6,8-10,12,14-16,18,20-22,24,26-53,55,57-61,63,65-69,71,73-75H2,1-2H3,(H,84,87)/b7-5-,13-11-,19-17-,25-23-,56-54+,64-62+,72-70+. The first-order valence-corrected chi connectivity index (χ1v) is 39.8. The van der Waals surface area contributed by atoms with Crippen LogP contribution < -0.4 is 5.32 Å². The Labute approximate surface area is 569 Å².